The topological polar surface area (TPSA) is 58.6 Å². The molecule has 0 aliphatic carbocycles. The minimum atomic E-state index is -0.329. The summed E-state index contributed by atoms with van der Waals surface area (Å²) in [5.41, 5.74) is 1.44. The van der Waals surface area contributed by atoms with Crippen LogP contribution in [-0.2, 0) is 9.59 Å². The van der Waals surface area contributed by atoms with Crippen LogP contribution in [0.4, 0.5) is 5.69 Å². The second kappa shape index (κ2) is 5.65. The number of imide groups is 1. The van der Waals surface area contributed by atoms with Crippen molar-refractivity contribution >= 4 is 34.4 Å². The van der Waals surface area contributed by atoms with Gasteiger partial charge in [0.15, 0.2) is 0 Å². The van der Waals surface area contributed by atoms with Gasteiger partial charge in [-0.15, -0.1) is 11.3 Å². The van der Waals surface area contributed by atoms with Crippen molar-refractivity contribution in [2.24, 2.45) is 0 Å². The minimum Gasteiger partial charge on any atom is -0.497 e. The first-order valence-corrected chi connectivity index (χ1v) is 7.51. The van der Waals surface area contributed by atoms with Gasteiger partial charge in [0.1, 0.15) is 11.4 Å². The number of ether oxygens (including phenoxy) is 1. The number of benzene rings is 1. The number of nitrogens with one attached hydrogen (secondary N) is 1. The minimum absolute atomic E-state index is 0.288. The molecule has 2 aromatic rings. The second-order valence-electron chi connectivity index (χ2n) is 4.75. The van der Waals surface area contributed by atoms with E-state index in [1.165, 1.54) is 18.4 Å². The van der Waals surface area contributed by atoms with Crippen LogP contribution >= 0.6 is 11.3 Å². The van der Waals surface area contributed by atoms with E-state index in [1.54, 1.807) is 31.4 Å². The molecule has 6 heteroatoms. The number of likely N-dealkylation sites (N-methyl/N-ethyl adjacent to an activating group) is 1. The standard InChI is InChI=1S/C16H14N2O3S/c1-18-15(19)13(12-4-3-9-22-12)14(16(18)20)17-10-5-7-11(21-2)8-6-10/h3-9,17H,1-2H3. The van der Waals surface area contributed by atoms with E-state index in [0.717, 1.165) is 21.2 Å². The fraction of sp³-hybridized carbons (Fsp3) is 0.125. The van der Waals surface area contributed by atoms with Crippen LogP contribution in [0, 0.1) is 0 Å². The van der Waals surface area contributed by atoms with E-state index < -0.39 is 0 Å². The smallest absolute Gasteiger partial charge is 0.277 e. The highest BCUT2D eigenvalue weighted by Crippen LogP contribution is 2.32. The molecular weight excluding hydrogens is 300 g/mol. The molecule has 0 spiro atoms. The van der Waals surface area contributed by atoms with Crippen LogP contribution in [0.2, 0.25) is 0 Å². The molecule has 3 rings (SSSR count). The summed E-state index contributed by atoms with van der Waals surface area (Å²) in [4.78, 5) is 26.5. The van der Waals surface area contributed by atoms with Crippen molar-refractivity contribution in [2.75, 3.05) is 19.5 Å². The SMILES string of the molecule is COc1ccc(NC2=C(c3cccs3)C(=O)N(C)C2=O)cc1. The number of carbonyl (C=O) groups excluding carboxylic acids is 2. The third kappa shape index (κ3) is 2.37. The van der Waals surface area contributed by atoms with Gasteiger partial charge in [0.2, 0.25) is 0 Å². The highest BCUT2D eigenvalue weighted by molar-refractivity contribution is 7.11. The molecule has 0 atom stereocenters. The zero-order chi connectivity index (χ0) is 15.7. The number of hydrogen-bond donors (Lipinski definition) is 1. The van der Waals surface area contributed by atoms with E-state index in [9.17, 15) is 9.59 Å². The number of methoxy groups -OCH3 is 1. The average Bonchev–Trinajstić information content (AvgIpc) is 3.13. The molecular formula is C16H14N2O3S. The van der Waals surface area contributed by atoms with Crippen LogP contribution in [0.15, 0.2) is 47.5 Å². The molecule has 0 radical (unpaired) electrons. The van der Waals surface area contributed by atoms with Crippen LogP contribution in [0.1, 0.15) is 4.88 Å². The lowest BCUT2D eigenvalue weighted by atomic mass is 10.2. The Labute approximate surface area is 131 Å². The molecule has 0 fully saturated rings. The van der Waals surface area contributed by atoms with Gasteiger partial charge < -0.3 is 10.1 Å². The summed E-state index contributed by atoms with van der Waals surface area (Å²) in [5, 5.41) is 4.94. The first-order chi connectivity index (χ1) is 10.6. The lowest BCUT2D eigenvalue weighted by Gasteiger charge is -2.09. The maximum Gasteiger partial charge on any atom is 0.277 e. The molecule has 22 heavy (non-hydrogen) atoms. The highest BCUT2D eigenvalue weighted by atomic mass is 32.1. The van der Waals surface area contributed by atoms with E-state index in [0.29, 0.717) is 11.3 Å². The van der Waals surface area contributed by atoms with Crippen LogP contribution in [0.25, 0.3) is 5.57 Å². The summed E-state index contributed by atoms with van der Waals surface area (Å²) in [7, 11) is 3.08. The van der Waals surface area contributed by atoms with Gasteiger partial charge in [0.05, 0.1) is 12.7 Å². The fourth-order valence-electron chi connectivity index (χ4n) is 2.23. The zero-order valence-corrected chi connectivity index (χ0v) is 12.9. The molecule has 2 heterocycles. The van der Waals surface area contributed by atoms with Crippen LogP contribution in [0.3, 0.4) is 0 Å². The Balaban J connectivity index is 2.00. The predicted molar refractivity (Wildman–Crippen MR) is 85.6 cm³/mol. The maximum atomic E-state index is 12.3. The first-order valence-electron chi connectivity index (χ1n) is 6.63. The van der Waals surface area contributed by atoms with Gasteiger partial charge in [-0.25, -0.2) is 0 Å². The predicted octanol–water partition coefficient (Wildman–Crippen LogP) is 2.58. The number of rotatable bonds is 4. The van der Waals surface area contributed by atoms with E-state index in [1.807, 2.05) is 17.5 Å². The Morgan fingerprint density at radius 2 is 1.82 bits per heavy atom. The number of carbonyl (C=O) groups is 2. The van der Waals surface area contributed by atoms with Gasteiger partial charge in [-0.2, -0.15) is 0 Å². The highest BCUT2D eigenvalue weighted by Gasteiger charge is 2.37. The van der Waals surface area contributed by atoms with Crippen molar-refractivity contribution in [2.45, 2.75) is 0 Å². The van der Waals surface area contributed by atoms with Crippen LogP contribution < -0.4 is 10.1 Å². The maximum absolute atomic E-state index is 12.3. The Morgan fingerprint density at radius 1 is 1.09 bits per heavy atom. The van der Waals surface area contributed by atoms with Gasteiger partial charge in [-0.3, -0.25) is 14.5 Å². The van der Waals surface area contributed by atoms with E-state index in [-0.39, 0.29) is 11.8 Å². The third-order valence-corrected chi connectivity index (χ3v) is 4.30. The van der Waals surface area contributed by atoms with Crippen molar-refractivity contribution in [1.82, 2.24) is 4.90 Å². The molecule has 1 aromatic carbocycles. The van der Waals surface area contributed by atoms with Crippen LogP contribution in [-0.4, -0.2) is 30.9 Å². The summed E-state index contributed by atoms with van der Waals surface area (Å²) in [6, 6.07) is 10.9. The Kier molecular flexibility index (Phi) is 3.68. The first kappa shape index (κ1) is 14.3. The zero-order valence-electron chi connectivity index (χ0n) is 12.1. The molecule has 0 unspecified atom stereocenters. The molecule has 2 amide bonds. The van der Waals surface area contributed by atoms with E-state index >= 15 is 0 Å². The summed E-state index contributed by atoms with van der Waals surface area (Å²) in [6.07, 6.45) is 0. The number of anilines is 1. The van der Waals surface area contributed by atoms with Crippen molar-refractivity contribution in [3.05, 3.63) is 52.4 Å². The van der Waals surface area contributed by atoms with Crippen molar-refractivity contribution in [3.8, 4) is 5.75 Å². The molecule has 1 aliphatic rings. The molecule has 1 aromatic heterocycles. The number of hydrogen-bond acceptors (Lipinski definition) is 5. The van der Waals surface area contributed by atoms with Gasteiger partial charge >= 0.3 is 0 Å². The lowest BCUT2D eigenvalue weighted by Crippen LogP contribution is -2.27. The van der Waals surface area contributed by atoms with Crippen molar-refractivity contribution < 1.29 is 14.3 Å². The van der Waals surface area contributed by atoms with Crippen LogP contribution in [0.5, 0.6) is 5.75 Å². The fourth-order valence-corrected chi connectivity index (χ4v) is 2.99. The Bertz CT molecular complexity index is 748. The molecule has 112 valence electrons. The van der Waals surface area contributed by atoms with Crippen molar-refractivity contribution in [3.63, 3.8) is 0 Å². The van der Waals surface area contributed by atoms with Gasteiger partial charge in [-0.1, -0.05) is 6.07 Å². The lowest BCUT2D eigenvalue weighted by molar-refractivity contribution is -0.135. The molecule has 0 saturated heterocycles. The van der Waals surface area contributed by atoms with Gasteiger partial charge in [0, 0.05) is 17.6 Å². The monoisotopic (exact) mass is 314 g/mol. The van der Waals surface area contributed by atoms with Crippen molar-refractivity contribution in [1.29, 1.82) is 0 Å². The quantitative estimate of drug-likeness (QED) is 0.881. The molecule has 5 nitrogen and oxygen atoms in total. The Morgan fingerprint density at radius 3 is 2.41 bits per heavy atom. The summed E-state index contributed by atoms with van der Waals surface area (Å²) in [6.45, 7) is 0. The third-order valence-electron chi connectivity index (χ3n) is 3.41. The Hall–Kier alpha value is -2.60. The summed E-state index contributed by atoms with van der Waals surface area (Å²) < 4.78 is 5.11. The normalized spacial score (nSPS) is 14.7. The average molecular weight is 314 g/mol. The molecule has 0 saturated carbocycles. The number of amides is 2. The van der Waals surface area contributed by atoms with Gasteiger partial charge in [-0.05, 0) is 35.7 Å². The molecule has 1 N–H and O–H groups in total. The van der Waals surface area contributed by atoms with E-state index in [4.69, 9.17) is 4.74 Å². The number of thiophene rings is 1. The number of nitrogens with zero attached hydrogens (tertiary/aromatic N) is 1. The summed E-state index contributed by atoms with van der Waals surface area (Å²) >= 11 is 1.43. The second-order valence-corrected chi connectivity index (χ2v) is 5.70. The largest absolute Gasteiger partial charge is 0.497 e. The molecule has 1 aliphatic heterocycles. The van der Waals surface area contributed by atoms with E-state index in [2.05, 4.69) is 5.32 Å². The van der Waals surface area contributed by atoms with Gasteiger partial charge in [0.25, 0.3) is 11.8 Å². The summed E-state index contributed by atoms with van der Waals surface area (Å²) in [5.74, 6) is 0.108. The molecule has 0 bridgehead atoms.